The molecule has 0 aliphatic rings. The summed E-state index contributed by atoms with van der Waals surface area (Å²) in [6.45, 7) is 6.08. The number of carbonyl (C=O) groups is 1. The molecule has 0 atom stereocenters. The molecule has 0 unspecified atom stereocenters. The summed E-state index contributed by atoms with van der Waals surface area (Å²) in [6.07, 6.45) is 1.70. The van der Waals surface area contributed by atoms with Crippen LogP contribution in [0.3, 0.4) is 0 Å². The maximum Gasteiger partial charge on any atom is 0.261 e. The summed E-state index contributed by atoms with van der Waals surface area (Å²) in [6, 6.07) is 12.8. The molecule has 8 heteroatoms. The third-order valence-corrected chi connectivity index (χ3v) is 5.89. The molecule has 0 fully saturated rings. The number of nitrogens with zero attached hydrogens (tertiary/aromatic N) is 2. The number of nitrogens with one attached hydrogen (secondary N) is 1. The molecule has 0 aliphatic heterocycles. The van der Waals surface area contributed by atoms with E-state index in [2.05, 4.69) is 29.2 Å². The molecule has 170 valence electrons. The molecule has 0 spiro atoms. The van der Waals surface area contributed by atoms with Crippen LogP contribution in [0.1, 0.15) is 42.8 Å². The summed E-state index contributed by atoms with van der Waals surface area (Å²) in [5, 5.41) is 16.9. The zero-order valence-corrected chi connectivity index (χ0v) is 19.7. The zero-order chi connectivity index (χ0) is 23.1. The number of aromatic nitrogens is 1. The Morgan fingerprint density at radius 1 is 1.06 bits per heavy atom. The summed E-state index contributed by atoms with van der Waals surface area (Å²) in [7, 11) is 0. The standard InChI is InChI=1S/C24H27Cl2N3O3/c1-3-29(4-2)17-13-11-16(12-14-17)27-24(31)22-20(10-5-6-15-30)32-28-23(22)21-18(25)8-7-9-19(21)26/h7-9,11-14,30H,3-6,10,15H2,1-2H3,(H,27,31). The summed E-state index contributed by atoms with van der Waals surface area (Å²) in [5.74, 6) is 0.0773. The molecule has 32 heavy (non-hydrogen) atoms. The third-order valence-electron chi connectivity index (χ3n) is 5.26. The highest BCUT2D eigenvalue weighted by atomic mass is 35.5. The predicted octanol–water partition coefficient (Wildman–Crippen LogP) is 6.06. The van der Waals surface area contributed by atoms with Crippen LogP contribution in [0.5, 0.6) is 0 Å². The van der Waals surface area contributed by atoms with Gasteiger partial charge in [0.2, 0.25) is 0 Å². The molecule has 0 bridgehead atoms. The van der Waals surface area contributed by atoms with E-state index in [9.17, 15) is 4.79 Å². The van der Waals surface area contributed by atoms with Crippen LogP contribution < -0.4 is 10.2 Å². The number of aliphatic hydroxyl groups excluding tert-OH is 1. The van der Waals surface area contributed by atoms with E-state index in [4.69, 9.17) is 32.8 Å². The van der Waals surface area contributed by atoms with Gasteiger partial charge in [-0.1, -0.05) is 34.4 Å². The minimum Gasteiger partial charge on any atom is -0.396 e. The number of hydrogen-bond donors (Lipinski definition) is 2. The zero-order valence-electron chi connectivity index (χ0n) is 18.2. The van der Waals surface area contributed by atoms with E-state index >= 15 is 0 Å². The van der Waals surface area contributed by atoms with Gasteiger partial charge in [0.15, 0.2) is 0 Å². The van der Waals surface area contributed by atoms with Crippen LogP contribution in [0.15, 0.2) is 47.0 Å². The van der Waals surface area contributed by atoms with Gasteiger partial charge in [-0.05, 0) is 63.1 Å². The molecule has 0 saturated heterocycles. The molecular formula is C24H27Cl2N3O3. The first-order chi connectivity index (χ1) is 15.5. The van der Waals surface area contributed by atoms with Crippen molar-refractivity contribution in [3.8, 4) is 11.3 Å². The number of benzene rings is 2. The number of rotatable bonds is 10. The lowest BCUT2D eigenvalue weighted by Gasteiger charge is -2.21. The average Bonchev–Trinajstić information content (AvgIpc) is 3.19. The van der Waals surface area contributed by atoms with Gasteiger partial charge in [0.25, 0.3) is 5.91 Å². The largest absolute Gasteiger partial charge is 0.396 e. The second-order valence-corrected chi connectivity index (χ2v) is 8.09. The molecular weight excluding hydrogens is 449 g/mol. The summed E-state index contributed by atoms with van der Waals surface area (Å²) >= 11 is 12.8. The predicted molar refractivity (Wildman–Crippen MR) is 130 cm³/mol. The Morgan fingerprint density at radius 2 is 1.72 bits per heavy atom. The van der Waals surface area contributed by atoms with Crippen LogP contribution in [-0.2, 0) is 6.42 Å². The monoisotopic (exact) mass is 475 g/mol. The average molecular weight is 476 g/mol. The Kier molecular flexibility index (Phi) is 8.56. The fourth-order valence-electron chi connectivity index (χ4n) is 3.56. The Morgan fingerprint density at radius 3 is 2.31 bits per heavy atom. The molecule has 0 aliphatic carbocycles. The molecule has 1 aromatic heterocycles. The molecule has 0 radical (unpaired) electrons. The van der Waals surface area contributed by atoms with Crippen molar-refractivity contribution < 1.29 is 14.4 Å². The highest BCUT2D eigenvalue weighted by Gasteiger charge is 2.26. The number of unbranched alkanes of at least 4 members (excludes halogenated alkanes) is 1. The van der Waals surface area contributed by atoms with Gasteiger partial charge >= 0.3 is 0 Å². The first kappa shape index (κ1) is 24.1. The van der Waals surface area contributed by atoms with Gasteiger partial charge in [-0.2, -0.15) is 0 Å². The van der Waals surface area contributed by atoms with Crippen molar-refractivity contribution in [2.75, 3.05) is 29.9 Å². The second-order valence-electron chi connectivity index (χ2n) is 7.28. The normalized spacial score (nSPS) is 10.9. The SMILES string of the molecule is CCN(CC)c1ccc(NC(=O)c2c(-c3c(Cl)cccc3Cl)noc2CCCCO)cc1. The van der Waals surface area contributed by atoms with Crippen molar-refractivity contribution in [2.24, 2.45) is 0 Å². The molecule has 0 saturated carbocycles. The second kappa shape index (κ2) is 11.4. The van der Waals surface area contributed by atoms with E-state index in [0.717, 1.165) is 18.8 Å². The van der Waals surface area contributed by atoms with E-state index < -0.39 is 0 Å². The molecule has 3 aromatic rings. The van der Waals surface area contributed by atoms with Crippen LogP contribution >= 0.6 is 23.2 Å². The fourth-order valence-corrected chi connectivity index (χ4v) is 4.14. The van der Waals surface area contributed by atoms with Gasteiger partial charge in [-0.15, -0.1) is 0 Å². The van der Waals surface area contributed by atoms with Gasteiger partial charge in [0, 0.05) is 43.1 Å². The molecule has 2 aromatic carbocycles. The lowest BCUT2D eigenvalue weighted by atomic mass is 10.0. The van der Waals surface area contributed by atoms with E-state index in [1.165, 1.54) is 0 Å². The lowest BCUT2D eigenvalue weighted by molar-refractivity contribution is 0.102. The Balaban J connectivity index is 1.93. The van der Waals surface area contributed by atoms with E-state index in [-0.39, 0.29) is 12.5 Å². The van der Waals surface area contributed by atoms with Gasteiger partial charge in [-0.3, -0.25) is 4.79 Å². The molecule has 2 N–H and O–H groups in total. The highest BCUT2D eigenvalue weighted by Crippen LogP contribution is 2.37. The van der Waals surface area contributed by atoms with Crippen molar-refractivity contribution in [2.45, 2.75) is 33.1 Å². The Bertz CT molecular complexity index is 1030. The number of carbonyl (C=O) groups excluding carboxylic acids is 1. The number of anilines is 2. The number of aryl methyl sites for hydroxylation is 1. The summed E-state index contributed by atoms with van der Waals surface area (Å²) in [5.41, 5.74) is 2.80. The molecule has 6 nitrogen and oxygen atoms in total. The molecule has 1 heterocycles. The topological polar surface area (TPSA) is 78.6 Å². The van der Waals surface area contributed by atoms with E-state index in [1.54, 1.807) is 18.2 Å². The van der Waals surface area contributed by atoms with Crippen molar-refractivity contribution >= 4 is 40.5 Å². The minimum absolute atomic E-state index is 0.0672. The number of amides is 1. The lowest BCUT2D eigenvalue weighted by Crippen LogP contribution is -2.21. The number of hydrogen-bond acceptors (Lipinski definition) is 5. The van der Waals surface area contributed by atoms with Gasteiger partial charge in [0.1, 0.15) is 17.0 Å². The first-order valence-corrected chi connectivity index (χ1v) is 11.5. The smallest absolute Gasteiger partial charge is 0.261 e. The molecule has 1 amide bonds. The van der Waals surface area contributed by atoms with Crippen LogP contribution in [0.2, 0.25) is 10.0 Å². The van der Waals surface area contributed by atoms with Crippen LogP contribution in [0.25, 0.3) is 11.3 Å². The number of aliphatic hydroxyl groups is 1. The first-order valence-electron chi connectivity index (χ1n) is 10.7. The van der Waals surface area contributed by atoms with E-state index in [1.807, 2.05) is 24.3 Å². The summed E-state index contributed by atoms with van der Waals surface area (Å²) < 4.78 is 5.53. The maximum absolute atomic E-state index is 13.3. The fraction of sp³-hybridized carbons (Fsp3) is 0.333. The quantitative estimate of drug-likeness (QED) is 0.348. The van der Waals surface area contributed by atoms with Crippen molar-refractivity contribution in [3.63, 3.8) is 0 Å². The van der Waals surface area contributed by atoms with Crippen LogP contribution in [-0.4, -0.2) is 35.9 Å². The van der Waals surface area contributed by atoms with Crippen LogP contribution in [0, 0.1) is 0 Å². The van der Waals surface area contributed by atoms with Crippen molar-refractivity contribution in [3.05, 3.63) is 63.8 Å². The van der Waals surface area contributed by atoms with Gasteiger partial charge in [-0.25, -0.2) is 0 Å². The third kappa shape index (κ3) is 5.44. The van der Waals surface area contributed by atoms with Crippen molar-refractivity contribution in [1.82, 2.24) is 5.16 Å². The Hall–Kier alpha value is -2.54. The minimum atomic E-state index is -0.355. The number of halogens is 2. The molecule has 3 rings (SSSR count). The van der Waals surface area contributed by atoms with Crippen molar-refractivity contribution in [1.29, 1.82) is 0 Å². The maximum atomic E-state index is 13.3. The Labute approximate surface area is 198 Å². The van der Waals surface area contributed by atoms with Crippen LogP contribution in [0.4, 0.5) is 11.4 Å². The van der Waals surface area contributed by atoms with Gasteiger partial charge < -0.3 is 19.8 Å². The van der Waals surface area contributed by atoms with Gasteiger partial charge in [0.05, 0.1) is 10.0 Å². The highest BCUT2D eigenvalue weighted by molar-refractivity contribution is 6.39. The summed E-state index contributed by atoms with van der Waals surface area (Å²) in [4.78, 5) is 15.5. The van der Waals surface area contributed by atoms with E-state index in [0.29, 0.717) is 57.6 Å².